The topological polar surface area (TPSA) is 0 Å². The van der Waals surface area contributed by atoms with Crippen LogP contribution in [0.25, 0.3) is 0 Å². The molecule has 70 valence electrons. The molecule has 0 N–H and O–H groups in total. The van der Waals surface area contributed by atoms with Gasteiger partial charge in [-0.1, -0.05) is 30.7 Å². The average Bonchev–Trinajstić information content (AvgIpc) is 2.89. The number of hydrogen-bond acceptors (Lipinski definition) is 0. The molecule has 1 fully saturated rings. The van der Waals surface area contributed by atoms with Crippen LogP contribution in [0.15, 0.2) is 34.9 Å². The Balaban J connectivity index is 2.26. The zero-order chi connectivity index (χ0) is 9.26. The Bertz CT molecular complexity index is 285. The monoisotopic (exact) mass is 174 g/mol. The van der Waals surface area contributed by atoms with E-state index < -0.39 is 0 Å². The van der Waals surface area contributed by atoms with Gasteiger partial charge in [0.25, 0.3) is 0 Å². The number of rotatable bonds is 2. The summed E-state index contributed by atoms with van der Waals surface area (Å²) in [7, 11) is 0. The first kappa shape index (κ1) is 8.80. The van der Waals surface area contributed by atoms with Gasteiger partial charge in [-0.3, -0.25) is 0 Å². The van der Waals surface area contributed by atoms with E-state index in [4.69, 9.17) is 0 Å². The smallest absolute Gasteiger partial charge is 0.0157 e. The van der Waals surface area contributed by atoms with Crippen molar-refractivity contribution in [3.8, 4) is 0 Å². The zero-order valence-electron chi connectivity index (χ0n) is 8.64. The molecule has 0 heterocycles. The Morgan fingerprint density at radius 2 is 2.08 bits per heavy atom. The molecule has 0 atom stereocenters. The van der Waals surface area contributed by atoms with Gasteiger partial charge in [0.2, 0.25) is 0 Å². The molecule has 0 nitrogen and oxygen atoms in total. The fourth-order valence-electron chi connectivity index (χ4n) is 2.05. The minimum Gasteiger partial charge on any atom is -0.0778 e. The van der Waals surface area contributed by atoms with Gasteiger partial charge in [-0.05, 0) is 49.7 Å². The first-order valence-electron chi connectivity index (χ1n) is 5.39. The lowest BCUT2D eigenvalue weighted by molar-refractivity contribution is 0.958. The van der Waals surface area contributed by atoms with Crippen LogP contribution in [0.2, 0.25) is 0 Å². The highest BCUT2D eigenvalue weighted by Gasteiger charge is 2.27. The summed E-state index contributed by atoms with van der Waals surface area (Å²) in [6, 6.07) is 0. The third-order valence-corrected chi connectivity index (χ3v) is 2.95. The Labute approximate surface area is 81.0 Å². The molecule has 0 spiro atoms. The Morgan fingerprint density at radius 3 is 2.69 bits per heavy atom. The van der Waals surface area contributed by atoms with Crippen LogP contribution >= 0.6 is 0 Å². The van der Waals surface area contributed by atoms with Crippen molar-refractivity contribution in [2.24, 2.45) is 5.92 Å². The molecular weight excluding hydrogens is 156 g/mol. The van der Waals surface area contributed by atoms with Gasteiger partial charge in [-0.2, -0.15) is 0 Å². The summed E-state index contributed by atoms with van der Waals surface area (Å²) in [4.78, 5) is 0. The predicted molar refractivity (Wildman–Crippen MR) is 57.6 cm³/mol. The molecule has 2 aliphatic carbocycles. The SMILES string of the molecule is CCC1=CC(C)=CCC=C1C1CC1. The second-order valence-corrected chi connectivity index (χ2v) is 4.14. The van der Waals surface area contributed by atoms with Crippen LogP contribution in [0.3, 0.4) is 0 Å². The van der Waals surface area contributed by atoms with Crippen molar-refractivity contribution in [1.29, 1.82) is 0 Å². The molecular formula is C13H18. The van der Waals surface area contributed by atoms with Gasteiger partial charge < -0.3 is 0 Å². The van der Waals surface area contributed by atoms with Gasteiger partial charge in [0.1, 0.15) is 0 Å². The van der Waals surface area contributed by atoms with E-state index >= 15 is 0 Å². The van der Waals surface area contributed by atoms with Gasteiger partial charge in [0.15, 0.2) is 0 Å². The van der Waals surface area contributed by atoms with Crippen LogP contribution in [0.5, 0.6) is 0 Å². The molecule has 0 radical (unpaired) electrons. The molecule has 2 aliphatic rings. The zero-order valence-corrected chi connectivity index (χ0v) is 8.64. The van der Waals surface area contributed by atoms with Gasteiger partial charge in [0, 0.05) is 0 Å². The van der Waals surface area contributed by atoms with Gasteiger partial charge in [0.05, 0.1) is 0 Å². The fraction of sp³-hybridized carbons (Fsp3) is 0.538. The summed E-state index contributed by atoms with van der Waals surface area (Å²) in [6.45, 7) is 4.47. The predicted octanol–water partition coefficient (Wildman–Crippen LogP) is 4.01. The van der Waals surface area contributed by atoms with E-state index in [0.717, 1.165) is 12.3 Å². The normalized spacial score (nSPS) is 23.1. The van der Waals surface area contributed by atoms with Crippen LogP contribution in [-0.4, -0.2) is 0 Å². The van der Waals surface area contributed by atoms with Gasteiger partial charge in [-0.25, -0.2) is 0 Å². The highest BCUT2D eigenvalue weighted by Crippen LogP contribution is 2.41. The van der Waals surface area contributed by atoms with E-state index in [1.54, 1.807) is 11.1 Å². The molecule has 2 rings (SSSR count). The van der Waals surface area contributed by atoms with E-state index in [9.17, 15) is 0 Å². The van der Waals surface area contributed by atoms with Crippen molar-refractivity contribution in [3.05, 3.63) is 34.9 Å². The summed E-state index contributed by atoms with van der Waals surface area (Å²) < 4.78 is 0. The summed E-state index contributed by atoms with van der Waals surface area (Å²) in [5.41, 5.74) is 4.66. The van der Waals surface area contributed by atoms with E-state index in [-0.39, 0.29) is 0 Å². The summed E-state index contributed by atoms with van der Waals surface area (Å²) in [6.07, 6.45) is 12.3. The molecule has 0 heteroatoms. The van der Waals surface area contributed by atoms with Crippen molar-refractivity contribution in [2.45, 2.75) is 39.5 Å². The van der Waals surface area contributed by atoms with E-state index in [0.29, 0.717) is 0 Å². The molecule has 0 bridgehead atoms. The summed E-state index contributed by atoms with van der Waals surface area (Å²) >= 11 is 0. The summed E-state index contributed by atoms with van der Waals surface area (Å²) in [5, 5.41) is 0. The minimum absolute atomic E-state index is 0.908. The van der Waals surface area contributed by atoms with Crippen LogP contribution < -0.4 is 0 Å². The molecule has 0 aromatic heterocycles. The first-order chi connectivity index (χ1) is 6.31. The maximum atomic E-state index is 2.43. The minimum atomic E-state index is 0.908. The van der Waals surface area contributed by atoms with Crippen LogP contribution in [0.4, 0.5) is 0 Å². The lowest BCUT2D eigenvalue weighted by Gasteiger charge is -2.07. The van der Waals surface area contributed by atoms with E-state index in [1.807, 2.05) is 0 Å². The molecule has 0 aromatic carbocycles. The second-order valence-electron chi connectivity index (χ2n) is 4.14. The maximum absolute atomic E-state index is 2.43. The highest BCUT2D eigenvalue weighted by atomic mass is 14.3. The van der Waals surface area contributed by atoms with Crippen LogP contribution in [0, 0.1) is 5.92 Å². The van der Waals surface area contributed by atoms with Crippen LogP contribution in [-0.2, 0) is 0 Å². The molecule has 13 heavy (non-hydrogen) atoms. The molecule has 0 unspecified atom stereocenters. The Hall–Kier alpha value is -0.780. The van der Waals surface area contributed by atoms with Crippen molar-refractivity contribution in [3.63, 3.8) is 0 Å². The van der Waals surface area contributed by atoms with E-state index in [2.05, 4.69) is 32.1 Å². The standard InChI is InChI=1S/C13H18/c1-3-11-9-10(2)5-4-6-13(11)12-7-8-12/h5-6,9,12H,3-4,7-8H2,1-2H3. The first-order valence-corrected chi connectivity index (χ1v) is 5.39. The van der Waals surface area contributed by atoms with Crippen molar-refractivity contribution in [1.82, 2.24) is 0 Å². The van der Waals surface area contributed by atoms with Gasteiger partial charge >= 0.3 is 0 Å². The van der Waals surface area contributed by atoms with Gasteiger partial charge in [-0.15, -0.1) is 0 Å². The quantitative estimate of drug-likeness (QED) is 0.593. The third kappa shape index (κ3) is 1.93. The third-order valence-electron chi connectivity index (χ3n) is 2.95. The Kier molecular flexibility index (Phi) is 2.39. The van der Waals surface area contributed by atoms with Crippen molar-refractivity contribution >= 4 is 0 Å². The number of allylic oxidation sites excluding steroid dienone is 6. The molecule has 0 aromatic rings. The van der Waals surface area contributed by atoms with Crippen molar-refractivity contribution in [2.75, 3.05) is 0 Å². The van der Waals surface area contributed by atoms with Crippen LogP contribution in [0.1, 0.15) is 39.5 Å². The molecule has 0 amide bonds. The summed E-state index contributed by atoms with van der Waals surface area (Å²) in [5.74, 6) is 0.908. The lowest BCUT2D eigenvalue weighted by Crippen LogP contribution is -1.90. The lowest BCUT2D eigenvalue weighted by atomic mass is 9.98. The van der Waals surface area contributed by atoms with Crippen molar-refractivity contribution < 1.29 is 0 Å². The molecule has 1 saturated carbocycles. The average molecular weight is 174 g/mol. The molecule has 0 saturated heterocycles. The fourth-order valence-corrected chi connectivity index (χ4v) is 2.05. The highest BCUT2D eigenvalue weighted by molar-refractivity contribution is 5.42. The largest absolute Gasteiger partial charge is 0.0778 e. The maximum Gasteiger partial charge on any atom is -0.0157 e. The second kappa shape index (κ2) is 3.53. The number of hydrogen-bond donors (Lipinski definition) is 0. The Morgan fingerprint density at radius 1 is 1.31 bits per heavy atom. The van der Waals surface area contributed by atoms with E-state index in [1.165, 1.54) is 24.8 Å². The molecule has 0 aliphatic heterocycles.